The van der Waals surface area contributed by atoms with Gasteiger partial charge in [0.05, 0.1) is 13.2 Å². The molecule has 0 saturated heterocycles. The number of esters is 2. The molecule has 0 aromatic rings. The molecule has 0 heterocycles. The molecular formula is C89H152NO8P. The van der Waals surface area contributed by atoms with Gasteiger partial charge in [0.2, 0.25) is 0 Å². The molecule has 3 N–H and O–H groups in total. The van der Waals surface area contributed by atoms with E-state index in [-0.39, 0.29) is 38.6 Å². The van der Waals surface area contributed by atoms with Crippen LogP contribution in [0.2, 0.25) is 0 Å². The molecule has 9 nitrogen and oxygen atoms in total. The van der Waals surface area contributed by atoms with Crippen LogP contribution in [-0.2, 0) is 32.7 Å². The number of phosphoric ester groups is 1. The van der Waals surface area contributed by atoms with Crippen molar-refractivity contribution in [2.24, 2.45) is 5.73 Å². The molecule has 0 radical (unpaired) electrons. The fraction of sp³-hybridized carbons (Fsp3) is 0.685. The van der Waals surface area contributed by atoms with Crippen LogP contribution in [0.15, 0.2) is 158 Å². The lowest BCUT2D eigenvalue weighted by Gasteiger charge is -2.19. The number of hydrogen-bond donors (Lipinski definition) is 2. The SMILES string of the molecule is CC/C=C\C/C=C\C/C=C\C/C=C\C/C=C\C/C=C\C/C=C\C/C=C\C/C=C\C/C=C\C/C=C\CCCCCCCCCC(=O)OC(COC(=O)CCCCCCCCCCCCCCCCCCCCCCCCCCC/C=C\C/C=C\CCCCCCC)COP(=O)(O)OCCN. The quantitative estimate of drug-likeness (QED) is 0.0264. The highest BCUT2D eigenvalue weighted by Crippen LogP contribution is 2.43. The molecule has 0 aliphatic carbocycles. The Bertz CT molecular complexity index is 2190. The Balaban J connectivity index is 3.88. The van der Waals surface area contributed by atoms with Crippen LogP contribution < -0.4 is 5.73 Å². The van der Waals surface area contributed by atoms with E-state index in [9.17, 15) is 19.0 Å². The summed E-state index contributed by atoms with van der Waals surface area (Å²) in [5.74, 6) is -0.836. The van der Waals surface area contributed by atoms with Gasteiger partial charge in [0.15, 0.2) is 6.10 Å². The van der Waals surface area contributed by atoms with Gasteiger partial charge in [-0.3, -0.25) is 18.6 Å². The highest BCUT2D eigenvalue weighted by Gasteiger charge is 2.26. The molecule has 0 bridgehead atoms. The summed E-state index contributed by atoms with van der Waals surface area (Å²) in [7, 11) is -4.41. The third kappa shape index (κ3) is 82.5. The molecule has 0 aliphatic heterocycles. The minimum absolute atomic E-state index is 0.0459. The van der Waals surface area contributed by atoms with Crippen molar-refractivity contribution < 1.29 is 37.6 Å². The molecular weight excluding hydrogens is 1240 g/mol. The molecule has 0 saturated carbocycles. The van der Waals surface area contributed by atoms with E-state index in [2.05, 4.69) is 172 Å². The van der Waals surface area contributed by atoms with Crippen LogP contribution in [0.25, 0.3) is 0 Å². The minimum atomic E-state index is -4.41. The van der Waals surface area contributed by atoms with Gasteiger partial charge < -0.3 is 20.1 Å². The standard InChI is InChI=1S/C89H152NO8P/c1-3-5-7-9-11-13-15-17-19-21-23-25-27-29-31-33-35-37-39-41-42-43-44-46-48-50-52-54-56-58-60-62-64-66-68-70-72-74-76-78-80-82-89(92)98-87(86-97-99(93,94)96-84-83-90)85-95-88(91)81-79-77-75-73-71-69-67-65-63-61-59-57-55-53-51-49-47-45-40-38-36-34-32-30-28-26-24-22-20-18-16-14-12-10-8-6-4-2/h5,7,11,13,16-19,22-25,29,31,35,37,41-42,44,46,50,52,56,58,62,64,87H,3-4,6,8-10,12,14-15,20-21,26-28,30,32-34,36,38-40,43,45,47-49,51,53-55,57,59-61,63,65-86,90H2,1-2H3,(H,93,94)/b7-5-,13-11-,18-16-,19-17-,24-22-,25-23-,31-29-,37-35-,42-41-,46-44-,52-50-,58-56-,64-62-. The largest absolute Gasteiger partial charge is 0.472 e. The van der Waals surface area contributed by atoms with Crippen molar-refractivity contribution in [3.05, 3.63) is 158 Å². The van der Waals surface area contributed by atoms with Crippen molar-refractivity contribution >= 4 is 19.8 Å². The minimum Gasteiger partial charge on any atom is -0.462 e. The molecule has 2 unspecified atom stereocenters. The number of allylic oxidation sites excluding steroid dienone is 26. The first-order valence-corrected chi connectivity index (χ1v) is 42.5. The second-order valence-corrected chi connectivity index (χ2v) is 28.4. The highest BCUT2D eigenvalue weighted by atomic mass is 31.2. The molecule has 2 atom stereocenters. The lowest BCUT2D eigenvalue weighted by Crippen LogP contribution is -2.29. The number of phosphoric acid groups is 1. The van der Waals surface area contributed by atoms with Crippen LogP contribution in [0.4, 0.5) is 0 Å². The first-order valence-electron chi connectivity index (χ1n) is 41.0. The summed E-state index contributed by atoms with van der Waals surface area (Å²) in [5.41, 5.74) is 5.41. The van der Waals surface area contributed by atoms with Crippen molar-refractivity contribution in [2.45, 2.75) is 367 Å². The van der Waals surface area contributed by atoms with Crippen molar-refractivity contribution in [1.82, 2.24) is 0 Å². The molecule has 0 aromatic carbocycles. The van der Waals surface area contributed by atoms with Gasteiger partial charge in [-0.25, -0.2) is 4.57 Å². The summed E-state index contributed by atoms with van der Waals surface area (Å²) in [6.45, 7) is 3.63. The molecule has 0 aliphatic rings. The Morgan fingerprint density at radius 1 is 0.313 bits per heavy atom. The molecule has 0 aromatic heterocycles. The second kappa shape index (κ2) is 82.6. The maximum Gasteiger partial charge on any atom is 0.472 e. The molecule has 0 amide bonds. The summed E-state index contributed by atoms with van der Waals surface area (Å²) in [6, 6.07) is 0. The first kappa shape index (κ1) is 94.6. The Kier molecular flexibility index (Phi) is 78.9. The summed E-state index contributed by atoms with van der Waals surface area (Å²) in [4.78, 5) is 35.5. The zero-order valence-electron chi connectivity index (χ0n) is 63.9. The Morgan fingerprint density at radius 2 is 0.556 bits per heavy atom. The van der Waals surface area contributed by atoms with E-state index in [4.69, 9.17) is 24.3 Å². The van der Waals surface area contributed by atoms with E-state index < -0.39 is 26.5 Å². The van der Waals surface area contributed by atoms with Gasteiger partial charge in [-0.2, -0.15) is 0 Å². The number of hydrogen-bond acceptors (Lipinski definition) is 8. The number of carbonyl (C=O) groups excluding carboxylic acids is 2. The summed E-state index contributed by atoms with van der Waals surface area (Å²) in [6.07, 6.45) is 121. The Hall–Kier alpha value is -4.37. The summed E-state index contributed by atoms with van der Waals surface area (Å²) in [5, 5.41) is 0. The van der Waals surface area contributed by atoms with Crippen molar-refractivity contribution in [3.8, 4) is 0 Å². The number of unbranched alkanes of at least 4 members (excludes halogenated alkanes) is 37. The van der Waals surface area contributed by atoms with Crippen molar-refractivity contribution in [1.29, 1.82) is 0 Å². The van der Waals surface area contributed by atoms with E-state index >= 15 is 0 Å². The second-order valence-electron chi connectivity index (χ2n) is 26.9. The monoisotopic (exact) mass is 1390 g/mol. The highest BCUT2D eigenvalue weighted by molar-refractivity contribution is 7.47. The van der Waals surface area contributed by atoms with Crippen LogP contribution in [0.5, 0.6) is 0 Å². The van der Waals surface area contributed by atoms with Gasteiger partial charge in [-0.05, 0) is 128 Å². The topological polar surface area (TPSA) is 134 Å². The lowest BCUT2D eigenvalue weighted by atomic mass is 10.0. The molecule has 0 rings (SSSR count). The summed E-state index contributed by atoms with van der Waals surface area (Å²) >= 11 is 0. The maximum atomic E-state index is 12.8. The predicted octanol–water partition coefficient (Wildman–Crippen LogP) is 27.9. The van der Waals surface area contributed by atoms with Crippen LogP contribution in [-0.4, -0.2) is 49.3 Å². The van der Waals surface area contributed by atoms with Crippen LogP contribution >= 0.6 is 7.82 Å². The average Bonchev–Trinajstić information content (AvgIpc) is 1.19. The molecule has 10 heteroatoms. The van der Waals surface area contributed by atoms with E-state index in [1.54, 1.807) is 0 Å². The zero-order valence-corrected chi connectivity index (χ0v) is 64.8. The van der Waals surface area contributed by atoms with Crippen molar-refractivity contribution in [3.63, 3.8) is 0 Å². The Labute approximate surface area is 610 Å². The van der Waals surface area contributed by atoms with Gasteiger partial charge in [0, 0.05) is 19.4 Å². The molecule has 99 heavy (non-hydrogen) atoms. The third-order valence-electron chi connectivity index (χ3n) is 17.4. The normalized spacial score (nSPS) is 13.7. The van der Waals surface area contributed by atoms with Crippen LogP contribution in [0.3, 0.4) is 0 Å². The van der Waals surface area contributed by atoms with Crippen molar-refractivity contribution in [2.75, 3.05) is 26.4 Å². The number of nitrogens with two attached hydrogens (primary N) is 1. The van der Waals surface area contributed by atoms with E-state index in [0.29, 0.717) is 6.42 Å². The smallest absolute Gasteiger partial charge is 0.462 e. The zero-order chi connectivity index (χ0) is 71.5. The first-order chi connectivity index (χ1) is 48.8. The fourth-order valence-corrected chi connectivity index (χ4v) is 12.1. The maximum absolute atomic E-state index is 12.8. The molecule has 566 valence electrons. The van der Waals surface area contributed by atoms with Crippen LogP contribution in [0.1, 0.15) is 361 Å². The van der Waals surface area contributed by atoms with E-state index in [1.165, 1.54) is 205 Å². The average molecular weight is 1400 g/mol. The van der Waals surface area contributed by atoms with E-state index in [0.717, 1.165) is 122 Å². The van der Waals surface area contributed by atoms with Gasteiger partial charge in [-0.15, -0.1) is 0 Å². The van der Waals surface area contributed by atoms with Gasteiger partial charge in [-0.1, -0.05) is 377 Å². The number of carbonyl (C=O) groups is 2. The third-order valence-corrected chi connectivity index (χ3v) is 18.4. The molecule has 0 spiro atoms. The summed E-state index contributed by atoms with van der Waals surface area (Å²) < 4.78 is 33.3. The van der Waals surface area contributed by atoms with Gasteiger partial charge in [0.1, 0.15) is 6.61 Å². The van der Waals surface area contributed by atoms with Gasteiger partial charge in [0.25, 0.3) is 0 Å². The number of ether oxygens (including phenoxy) is 2. The molecule has 0 fully saturated rings. The van der Waals surface area contributed by atoms with E-state index in [1.807, 2.05) is 0 Å². The lowest BCUT2D eigenvalue weighted by molar-refractivity contribution is -0.161. The predicted molar refractivity (Wildman–Crippen MR) is 431 cm³/mol. The van der Waals surface area contributed by atoms with Crippen LogP contribution in [0, 0.1) is 0 Å². The number of rotatable bonds is 76. The van der Waals surface area contributed by atoms with Gasteiger partial charge >= 0.3 is 19.8 Å². The fourth-order valence-electron chi connectivity index (χ4n) is 11.4. The Morgan fingerprint density at radius 3 is 0.828 bits per heavy atom.